The van der Waals surface area contributed by atoms with E-state index in [1.54, 1.807) is 13.0 Å². The van der Waals surface area contributed by atoms with Gasteiger partial charge in [-0.1, -0.05) is 12.8 Å². The van der Waals surface area contributed by atoms with Crippen molar-refractivity contribution in [1.82, 2.24) is 10.5 Å². The van der Waals surface area contributed by atoms with Crippen molar-refractivity contribution in [2.45, 2.75) is 38.6 Å². The zero-order chi connectivity index (χ0) is 14.5. The predicted molar refractivity (Wildman–Crippen MR) is 68.3 cm³/mol. The third-order valence-corrected chi connectivity index (χ3v) is 3.39. The summed E-state index contributed by atoms with van der Waals surface area (Å²) >= 11 is 0. The number of aryl methyl sites for hydroxylation is 1. The summed E-state index contributed by atoms with van der Waals surface area (Å²) < 4.78 is 9.97. The second-order valence-electron chi connectivity index (χ2n) is 4.97. The standard InChI is InChI=1S/C13H18N2O5/c1-8-6-12(15-20-8)19-7-11(16)14-10-5-3-2-4-9(10)13(17)18/h6,9-10H,2-5,7H2,1H3,(H,14,16)(H,17,18). The van der Waals surface area contributed by atoms with Gasteiger partial charge < -0.3 is 19.7 Å². The van der Waals surface area contributed by atoms with Gasteiger partial charge in [0.25, 0.3) is 11.8 Å². The lowest BCUT2D eigenvalue weighted by Gasteiger charge is -2.29. The highest BCUT2D eigenvalue weighted by Crippen LogP contribution is 2.24. The van der Waals surface area contributed by atoms with Crippen molar-refractivity contribution >= 4 is 11.9 Å². The van der Waals surface area contributed by atoms with E-state index in [-0.39, 0.29) is 24.4 Å². The Morgan fingerprint density at radius 2 is 2.25 bits per heavy atom. The van der Waals surface area contributed by atoms with Gasteiger partial charge >= 0.3 is 5.97 Å². The topological polar surface area (TPSA) is 102 Å². The number of aromatic nitrogens is 1. The Kier molecular flexibility index (Phi) is 4.60. The van der Waals surface area contributed by atoms with Gasteiger partial charge in [-0.2, -0.15) is 0 Å². The van der Waals surface area contributed by atoms with Gasteiger partial charge in [-0.3, -0.25) is 9.59 Å². The van der Waals surface area contributed by atoms with E-state index in [0.717, 1.165) is 12.8 Å². The summed E-state index contributed by atoms with van der Waals surface area (Å²) in [6, 6.07) is 1.25. The first-order valence-electron chi connectivity index (χ1n) is 6.64. The number of nitrogens with one attached hydrogen (secondary N) is 1. The summed E-state index contributed by atoms with van der Waals surface area (Å²) in [6.07, 6.45) is 3.10. The Hall–Kier alpha value is -2.05. The number of nitrogens with zero attached hydrogens (tertiary/aromatic N) is 1. The molecular formula is C13H18N2O5. The molecule has 1 fully saturated rings. The minimum absolute atomic E-state index is 0.200. The highest BCUT2D eigenvalue weighted by Gasteiger charge is 2.31. The normalized spacial score (nSPS) is 22.2. The Bertz CT molecular complexity index is 485. The van der Waals surface area contributed by atoms with E-state index in [9.17, 15) is 9.59 Å². The van der Waals surface area contributed by atoms with Crippen LogP contribution in [-0.2, 0) is 9.59 Å². The molecule has 7 nitrogen and oxygen atoms in total. The molecule has 110 valence electrons. The number of ether oxygens (including phenoxy) is 1. The van der Waals surface area contributed by atoms with Crippen molar-refractivity contribution in [1.29, 1.82) is 0 Å². The Balaban J connectivity index is 1.82. The van der Waals surface area contributed by atoms with Gasteiger partial charge in [0, 0.05) is 12.1 Å². The molecule has 0 saturated heterocycles. The summed E-state index contributed by atoms with van der Waals surface area (Å²) in [5.41, 5.74) is 0. The van der Waals surface area contributed by atoms with E-state index in [0.29, 0.717) is 18.6 Å². The lowest BCUT2D eigenvalue weighted by molar-refractivity contribution is -0.144. The molecule has 1 aromatic rings. The van der Waals surface area contributed by atoms with E-state index in [1.165, 1.54) is 0 Å². The van der Waals surface area contributed by atoms with Crippen LogP contribution in [0.1, 0.15) is 31.4 Å². The molecule has 1 aromatic heterocycles. The van der Waals surface area contributed by atoms with Gasteiger partial charge in [-0.05, 0) is 24.9 Å². The van der Waals surface area contributed by atoms with Crippen LogP contribution in [0, 0.1) is 12.8 Å². The van der Waals surface area contributed by atoms with Crippen LogP contribution in [0.2, 0.25) is 0 Å². The van der Waals surface area contributed by atoms with Gasteiger partial charge in [0.2, 0.25) is 0 Å². The lowest BCUT2D eigenvalue weighted by Crippen LogP contribution is -2.46. The smallest absolute Gasteiger partial charge is 0.308 e. The van der Waals surface area contributed by atoms with E-state index in [4.69, 9.17) is 14.4 Å². The molecule has 1 amide bonds. The molecule has 2 unspecified atom stereocenters. The fourth-order valence-electron chi connectivity index (χ4n) is 2.40. The van der Waals surface area contributed by atoms with Crippen LogP contribution in [0.4, 0.5) is 0 Å². The number of rotatable bonds is 5. The minimum Gasteiger partial charge on any atom is -0.481 e. The van der Waals surface area contributed by atoms with E-state index in [2.05, 4.69) is 10.5 Å². The van der Waals surface area contributed by atoms with E-state index < -0.39 is 11.9 Å². The molecule has 0 radical (unpaired) electrons. The summed E-state index contributed by atoms with van der Waals surface area (Å²) in [5, 5.41) is 15.5. The molecule has 1 aliphatic carbocycles. The lowest BCUT2D eigenvalue weighted by atomic mass is 9.84. The molecule has 2 rings (SSSR count). The van der Waals surface area contributed by atoms with Crippen molar-refractivity contribution in [3.63, 3.8) is 0 Å². The van der Waals surface area contributed by atoms with Crippen LogP contribution in [0.5, 0.6) is 5.88 Å². The Labute approximate surface area is 116 Å². The maximum Gasteiger partial charge on any atom is 0.308 e. The van der Waals surface area contributed by atoms with Crippen molar-refractivity contribution in [2.75, 3.05) is 6.61 Å². The zero-order valence-electron chi connectivity index (χ0n) is 11.3. The maximum atomic E-state index is 11.8. The molecular weight excluding hydrogens is 264 g/mol. The largest absolute Gasteiger partial charge is 0.481 e. The quantitative estimate of drug-likeness (QED) is 0.839. The molecule has 2 N–H and O–H groups in total. The summed E-state index contributed by atoms with van der Waals surface area (Å²) in [5.74, 6) is -0.872. The van der Waals surface area contributed by atoms with Crippen LogP contribution in [-0.4, -0.2) is 34.8 Å². The number of carboxylic acid groups (broad SMARTS) is 1. The summed E-state index contributed by atoms with van der Waals surface area (Å²) in [7, 11) is 0. The first-order chi connectivity index (χ1) is 9.56. The van der Waals surface area contributed by atoms with E-state index in [1.807, 2.05) is 0 Å². The number of carboxylic acids is 1. The number of carbonyl (C=O) groups excluding carboxylic acids is 1. The van der Waals surface area contributed by atoms with Crippen molar-refractivity contribution < 1.29 is 24.0 Å². The van der Waals surface area contributed by atoms with Crippen LogP contribution >= 0.6 is 0 Å². The van der Waals surface area contributed by atoms with Gasteiger partial charge in [-0.25, -0.2) is 0 Å². The van der Waals surface area contributed by atoms with Crippen molar-refractivity contribution in [3.05, 3.63) is 11.8 Å². The monoisotopic (exact) mass is 282 g/mol. The molecule has 0 spiro atoms. The highest BCUT2D eigenvalue weighted by atomic mass is 16.5. The molecule has 7 heteroatoms. The minimum atomic E-state index is -0.858. The number of carbonyl (C=O) groups is 2. The van der Waals surface area contributed by atoms with Crippen LogP contribution in [0.25, 0.3) is 0 Å². The second-order valence-corrected chi connectivity index (χ2v) is 4.97. The number of amides is 1. The molecule has 0 bridgehead atoms. The third-order valence-electron chi connectivity index (χ3n) is 3.39. The maximum absolute atomic E-state index is 11.8. The predicted octanol–water partition coefficient (Wildman–Crippen LogP) is 1.12. The first kappa shape index (κ1) is 14.4. The van der Waals surface area contributed by atoms with Crippen LogP contribution in [0.3, 0.4) is 0 Å². The fraction of sp³-hybridized carbons (Fsp3) is 0.615. The van der Waals surface area contributed by atoms with Gasteiger partial charge in [-0.15, -0.1) is 0 Å². The Morgan fingerprint density at radius 1 is 1.50 bits per heavy atom. The molecule has 1 saturated carbocycles. The third kappa shape index (κ3) is 3.72. The summed E-state index contributed by atoms with van der Waals surface area (Å²) in [6.45, 7) is 1.52. The van der Waals surface area contributed by atoms with Crippen LogP contribution < -0.4 is 10.1 Å². The number of hydrogen-bond donors (Lipinski definition) is 2. The summed E-state index contributed by atoms with van der Waals surface area (Å²) in [4.78, 5) is 22.9. The SMILES string of the molecule is Cc1cc(OCC(=O)NC2CCCCC2C(=O)O)no1. The first-order valence-corrected chi connectivity index (χ1v) is 6.64. The van der Waals surface area contributed by atoms with Gasteiger partial charge in [0.05, 0.1) is 5.92 Å². The van der Waals surface area contributed by atoms with Crippen LogP contribution in [0.15, 0.2) is 10.6 Å². The van der Waals surface area contributed by atoms with E-state index >= 15 is 0 Å². The highest BCUT2D eigenvalue weighted by molar-refractivity contribution is 5.79. The average Bonchev–Trinajstić information content (AvgIpc) is 2.83. The Morgan fingerprint density at radius 3 is 2.90 bits per heavy atom. The fourth-order valence-corrected chi connectivity index (χ4v) is 2.40. The number of aliphatic carboxylic acids is 1. The van der Waals surface area contributed by atoms with Crippen molar-refractivity contribution in [2.24, 2.45) is 5.92 Å². The average molecular weight is 282 g/mol. The second kappa shape index (κ2) is 6.40. The zero-order valence-corrected chi connectivity index (χ0v) is 11.3. The molecule has 0 aliphatic heterocycles. The molecule has 20 heavy (non-hydrogen) atoms. The van der Waals surface area contributed by atoms with Crippen molar-refractivity contribution in [3.8, 4) is 5.88 Å². The molecule has 1 aliphatic rings. The number of hydrogen-bond acceptors (Lipinski definition) is 5. The van der Waals surface area contributed by atoms with Gasteiger partial charge in [0.15, 0.2) is 6.61 Å². The molecule has 0 aromatic carbocycles. The van der Waals surface area contributed by atoms with Gasteiger partial charge in [0.1, 0.15) is 5.76 Å². The molecule has 2 atom stereocenters. The molecule has 1 heterocycles.